The predicted octanol–water partition coefficient (Wildman–Crippen LogP) is 5.74. The molecule has 4 nitrogen and oxygen atoms in total. The fourth-order valence-electron chi connectivity index (χ4n) is 3.66. The maximum absolute atomic E-state index is 13.0. The number of amides is 1. The van der Waals surface area contributed by atoms with Gasteiger partial charge in [0.2, 0.25) is 5.91 Å². The van der Waals surface area contributed by atoms with Gasteiger partial charge in [0, 0.05) is 13.6 Å². The van der Waals surface area contributed by atoms with Crippen molar-refractivity contribution < 1.29 is 9.59 Å². The first kappa shape index (κ1) is 25.4. The van der Waals surface area contributed by atoms with E-state index in [4.69, 9.17) is 23.2 Å². The summed E-state index contributed by atoms with van der Waals surface area (Å²) in [6.07, 6.45) is 2.79. The summed E-state index contributed by atoms with van der Waals surface area (Å²) in [6.45, 7) is 8.23. The summed E-state index contributed by atoms with van der Waals surface area (Å²) < 4.78 is 0. The lowest BCUT2D eigenvalue weighted by Gasteiger charge is -2.32. The molecule has 1 aliphatic rings. The summed E-state index contributed by atoms with van der Waals surface area (Å²) in [7, 11) is 1.91. The fourth-order valence-corrected chi connectivity index (χ4v) is 3.98. The molecule has 0 unspecified atom stereocenters. The highest BCUT2D eigenvalue weighted by Crippen LogP contribution is 2.26. The lowest BCUT2D eigenvalue weighted by molar-refractivity contribution is -0.131. The van der Waals surface area contributed by atoms with Gasteiger partial charge in [0.1, 0.15) is 5.78 Å². The lowest BCUT2D eigenvalue weighted by atomic mass is 10.0. The van der Waals surface area contributed by atoms with Crippen molar-refractivity contribution in [3.8, 4) is 0 Å². The van der Waals surface area contributed by atoms with Crippen LogP contribution in [0.4, 0.5) is 0 Å². The largest absolute Gasteiger partial charge is 0.337 e. The molecule has 0 saturated carbocycles. The Labute approximate surface area is 196 Å². The van der Waals surface area contributed by atoms with Gasteiger partial charge in [-0.1, -0.05) is 59.1 Å². The van der Waals surface area contributed by atoms with Crippen LogP contribution in [0.3, 0.4) is 0 Å². The minimum absolute atomic E-state index is 0.0401. The Morgan fingerprint density at radius 3 is 2.26 bits per heavy atom. The van der Waals surface area contributed by atoms with Crippen LogP contribution in [-0.4, -0.2) is 48.2 Å². The number of hydrogen-bond acceptors (Lipinski definition) is 3. The number of aryl methyl sites for hydroxylation is 1. The van der Waals surface area contributed by atoms with Crippen LogP contribution in [0.1, 0.15) is 49.4 Å². The second kappa shape index (κ2) is 12.2. The van der Waals surface area contributed by atoms with E-state index in [2.05, 4.69) is 36.1 Å². The van der Waals surface area contributed by atoms with E-state index in [1.807, 2.05) is 18.0 Å². The van der Waals surface area contributed by atoms with E-state index in [0.29, 0.717) is 16.5 Å². The molecule has 168 valence electrons. The van der Waals surface area contributed by atoms with Crippen molar-refractivity contribution in [1.29, 1.82) is 0 Å². The van der Waals surface area contributed by atoms with Gasteiger partial charge in [-0.15, -0.1) is 0 Å². The van der Waals surface area contributed by atoms with Crippen LogP contribution < -0.4 is 0 Å². The van der Waals surface area contributed by atoms with Crippen LogP contribution in [0.5, 0.6) is 0 Å². The molecule has 0 radical (unpaired) electrons. The number of likely N-dealkylation sites (tertiary alicyclic amines) is 1. The van der Waals surface area contributed by atoms with Gasteiger partial charge in [0.25, 0.3) is 0 Å². The lowest BCUT2D eigenvalue weighted by Crippen LogP contribution is -2.39. The first-order chi connectivity index (χ1) is 14.7. The molecule has 1 fully saturated rings. The topological polar surface area (TPSA) is 40.6 Å². The predicted molar refractivity (Wildman–Crippen MR) is 129 cm³/mol. The Hall–Kier alpha value is -1.88. The second-order valence-corrected chi connectivity index (χ2v) is 9.09. The molecule has 0 spiro atoms. The molecule has 0 N–H and O–H groups in total. The summed E-state index contributed by atoms with van der Waals surface area (Å²) in [4.78, 5) is 26.8. The third-order valence-electron chi connectivity index (χ3n) is 5.26. The van der Waals surface area contributed by atoms with Gasteiger partial charge in [-0.2, -0.15) is 0 Å². The number of hydrogen-bond donors (Lipinski definition) is 0. The zero-order chi connectivity index (χ0) is 23.0. The standard InChI is InChI=1S/C22H26Cl2N2O.C3H6O/c1-16-6-5-7-18(12-16)21(15-26-10-3-4-11-26)25(2)22(27)14-17-8-9-19(23)20(24)13-17;1-3(2)4/h5-9,12-13,21H,3-4,10-11,14-15H2,1-2H3;1-2H3/t21-;/m1./s1. The molecular weight excluding hydrogens is 431 g/mol. The van der Waals surface area contributed by atoms with Crippen LogP contribution >= 0.6 is 23.2 Å². The van der Waals surface area contributed by atoms with Crippen LogP contribution in [0.25, 0.3) is 0 Å². The second-order valence-electron chi connectivity index (χ2n) is 8.28. The van der Waals surface area contributed by atoms with Gasteiger partial charge in [0.05, 0.1) is 22.5 Å². The molecule has 6 heteroatoms. The number of Topliss-reactive ketones (excluding diaryl/α,β-unsaturated/α-hetero) is 1. The van der Waals surface area contributed by atoms with Crippen molar-refractivity contribution in [1.82, 2.24) is 9.80 Å². The van der Waals surface area contributed by atoms with Crippen molar-refractivity contribution in [2.45, 2.75) is 46.1 Å². The van der Waals surface area contributed by atoms with Crippen LogP contribution in [0, 0.1) is 6.92 Å². The molecular formula is C25H32Cl2N2O2. The number of rotatable bonds is 6. The number of benzene rings is 2. The highest BCUT2D eigenvalue weighted by Gasteiger charge is 2.25. The Bertz CT molecular complexity index is 891. The zero-order valence-corrected chi connectivity index (χ0v) is 20.3. The van der Waals surface area contributed by atoms with E-state index in [0.717, 1.165) is 25.2 Å². The minimum Gasteiger partial charge on any atom is -0.337 e. The van der Waals surface area contributed by atoms with E-state index in [1.165, 1.54) is 37.8 Å². The zero-order valence-electron chi connectivity index (χ0n) is 18.8. The summed E-state index contributed by atoms with van der Waals surface area (Å²) in [5, 5.41) is 0.991. The van der Waals surface area contributed by atoms with Crippen LogP contribution in [0.2, 0.25) is 10.0 Å². The van der Waals surface area contributed by atoms with Crippen LogP contribution in [-0.2, 0) is 16.0 Å². The summed E-state index contributed by atoms with van der Waals surface area (Å²) >= 11 is 12.1. The van der Waals surface area contributed by atoms with Crippen molar-refractivity contribution >= 4 is 34.9 Å². The van der Waals surface area contributed by atoms with E-state index in [-0.39, 0.29) is 17.7 Å². The molecule has 0 aliphatic carbocycles. The minimum atomic E-state index is 0.0401. The monoisotopic (exact) mass is 462 g/mol. The average Bonchev–Trinajstić information content (AvgIpc) is 3.21. The summed E-state index contributed by atoms with van der Waals surface area (Å²) in [5.41, 5.74) is 3.28. The van der Waals surface area contributed by atoms with Gasteiger partial charge in [-0.05, 0) is 70.0 Å². The van der Waals surface area contributed by atoms with Crippen molar-refractivity contribution in [3.05, 3.63) is 69.2 Å². The molecule has 1 saturated heterocycles. The summed E-state index contributed by atoms with van der Waals surface area (Å²) in [5.74, 6) is 0.249. The van der Waals surface area contributed by atoms with E-state index in [1.54, 1.807) is 12.1 Å². The van der Waals surface area contributed by atoms with Crippen molar-refractivity contribution in [2.75, 3.05) is 26.7 Å². The van der Waals surface area contributed by atoms with Crippen molar-refractivity contribution in [3.63, 3.8) is 0 Å². The first-order valence-electron chi connectivity index (χ1n) is 10.6. The Morgan fingerprint density at radius 2 is 1.68 bits per heavy atom. The molecule has 1 heterocycles. The highest BCUT2D eigenvalue weighted by molar-refractivity contribution is 6.42. The molecule has 1 atom stereocenters. The van der Waals surface area contributed by atoms with Gasteiger partial charge < -0.3 is 14.6 Å². The normalized spacial score (nSPS) is 14.5. The fraction of sp³-hybridized carbons (Fsp3) is 0.440. The quantitative estimate of drug-likeness (QED) is 0.549. The van der Waals surface area contributed by atoms with Crippen molar-refractivity contribution in [2.24, 2.45) is 0 Å². The molecule has 0 bridgehead atoms. The maximum Gasteiger partial charge on any atom is 0.227 e. The third kappa shape index (κ3) is 8.29. The highest BCUT2D eigenvalue weighted by atomic mass is 35.5. The van der Waals surface area contributed by atoms with Gasteiger partial charge in [-0.3, -0.25) is 4.79 Å². The Morgan fingerprint density at radius 1 is 1.03 bits per heavy atom. The number of likely N-dealkylation sites (N-methyl/N-ethyl adjacent to an activating group) is 1. The van der Waals surface area contributed by atoms with E-state index in [9.17, 15) is 9.59 Å². The Kier molecular flexibility index (Phi) is 10.0. The molecule has 2 aromatic rings. The first-order valence-corrected chi connectivity index (χ1v) is 11.4. The molecule has 1 aliphatic heterocycles. The SMILES string of the molecule is CC(C)=O.Cc1cccc([C@@H](CN2CCCC2)N(C)C(=O)Cc2ccc(Cl)c(Cl)c2)c1. The number of carbonyl (C=O) groups excluding carboxylic acids is 2. The average molecular weight is 463 g/mol. The summed E-state index contributed by atoms with van der Waals surface area (Å²) in [6, 6.07) is 13.9. The molecule has 2 aromatic carbocycles. The van der Waals surface area contributed by atoms with Crippen LogP contribution in [0.15, 0.2) is 42.5 Å². The van der Waals surface area contributed by atoms with E-state index < -0.39 is 0 Å². The molecule has 1 amide bonds. The maximum atomic E-state index is 13.0. The van der Waals surface area contributed by atoms with Gasteiger partial charge >= 0.3 is 0 Å². The molecule has 0 aromatic heterocycles. The molecule has 3 rings (SSSR count). The number of carbonyl (C=O) groups is 2. The molecule has 31 heavy (non-hydrogen) atoms. The number of halogens is 2. The number of ketones is 1. The smallest absolute Gasteiger partial charge is 0.227 e. The Balaban J connectivity index is 0.000000785. The van der Waals surface area contributed by atoms with E-state index >= 15 is 0 Å². The van der Waals surface area contributed by atoms with Gasteiger partial charge in [-0.25, -0.2) is 0 Å². The van der Waals surface area contributed by atoms with Gasteiger partial charge in [0.15, 0.2) is 0 Å². The third-order valence-corrected chi connectivity index (χ3v) is 6.00. The number of nitrogens with zero attached hydrogens (tertiary/aromatic N) is 2.